The largest absolute Gasteiger partial charge is 0.493 e. The number of ether oxygens (including phenoxy) is 4. The van der Waals surface area contributed by atoms with E-state index in [2.05, 4.69) is 6.07 Å². The second kappa shape index (κ2) is 11.6. The monoisotopic (exact) mass is 473 g/mol. The Balaban J connectivity index is 1.93. The fourth-order valence-corrected chi connectivity index (χ4v) is 4.64. The Morgan fingerprint density at radius 2 is 1.76 bits per heavy atom. The van der Waals surface area contributed by atoms with Crippen molar-refractivity contribution >= 4 is 11.8 Å². The zero-order valence-electron chi connectivity index (χ0n) is 20.7. The first-order chi connectivity index (χ1) is 16.3. The molecule has 0 unspecified atom stereocenters. The second-order valence-corrected chi connectivity index (χ2v) is 9.08. The molecular weight excluding hydrogens is 438 g/mol. The molecule has 34 heavy (non-hydrogen) atoms. The molecule has 2 aliphatic heterocycles. The first-order valence-electron chi connectivity index (χ1n) is 11.7. The van der Waals surface area contributed by atoms with Gasteiger partial charge in [0.1, 0.15) is 11.9 Å². The van der Waals surface area contributed by atoms with Crippen molar-refractivity contribution in [3.05, 3.63) is 29.3 Å². The molecule has 0 aliphatic carbocycles. The number of rotatable bonds is 2. The molecule has 9 nitrogen and oxygen atoms in total. The van der Waals surface area contributed by atoms with Crippen LogP contribution in [-0.4, -0.2) is 94.0 Å². The summed E-state index contributed by atoms with van der Waals surface area (Å²) in [7, 11) is 6.61. The first kappa shape index (κ1) is 25.9. The van der Waals surface area contributed by atoms with Crippen LogP contribution >= 0.6 is 0 Å². The zero-order valence-corrected chi connectivity index (χ0v) is 20.7. The molecule has 0 radical (unpaired) electrons. The number of fused-ring (bicyclic) bond motifs is 3. The molecular formula is C25H35N3O6. The molecule has 1 saturated heterocycles. The minimum atomic E-state index is -0.515. The second-order valence-electron chi connectivity index (χ2n) is 9.08. The highest BCUT2D eigenvalue weighted by Gasteiger charge is 2.35. The molecule has 2 bridgehead atoms. The number of methoxy groups -OCH3 is 2. The highest BCUT2D eigenvalue weighted by molar-refractivity contribution is 5.97. The highest BCUT2D eigenvalue weighted by atomic mass is 16.5. The lowest BCUT2D eigenvalue weighted by atomic mass is 9.97. The number of hydrogen-bond donors (Lipinski definition) is 0. The topological polar surface area (TPSA) is 101 Å². The molecule has 0 aromatic heterocycles. The quantitative estimate of drug-likeness (QED) is 0.648. The van der Waals surface area contributed by atoms with Crippen molar-refractivity contribution in [1.82, 2.24) is 9.80 Å². The van der Waals surface area contributed by atoms with Crippen LogP contribution in [-0.2, 0) is 19.0 Å². The maximum atomic E-state index is 13.3. The van der Waals surface area contributed by atoms with E-state index in [9.17, 15) is 14.9 Å². The van der Waals surface area contributed by atoms with Gasteiger partial charge in [-0.25, -0.2) is 0 Å². The van der Waals surface area contributed by atoms with Crippen molar-refractivity contribution in [3.8, 4) is 11.8 Å². The van der Waals surface area contributed by atoms with Crippen LogP contribution in [0.1, 0.15) is 42.1 Å². The van der Waals surface area contributed by atoms with Crippen molar-refractivity contribution in [2.24, 2.45) is 5.92 Å². The lowest BCUT2D eigenvalue weighted by Gasteiger charge is -2.38. The Kier molecular flexibility index (Phi) is 8.89. The molecule has 1 fully saturated rings. The average molecular weight is 474 g/mol. The molecule has 2 amide bonds. The number of carbonyl (C=O) groups excluding carboxylic acids is 2. The maximum Gasteiger partial charge on any atom is 0.257 e. The molecule has 186 valence electrons. The van der Waals surface area contributed by atoms with Crippen molar-refractivity contribution in [2.45, 2.75) is 50.6 Å². The molecule has 5 atom stereocenters. The van der Waals surface area contributed by atoms with E-state index < -0.39 is 12.0 Å². The van der Waals surface area contributed by atoms with E-state index in [-0.39, 0.29) is 36.7 Å². The highest BCUT2D eigenvalue weighted by Crippen LogP contribution is 2.27. The Bertz CT molecular complexity index is 916. The third kappa shape index (κ3) is 5.87. The summed E-state index contributed by atoms with van der Waals surface area (Å²) in [5.41, 5.74) is 0.678. The SMILES string of the molecule is CO[C@H]1CN(C)C(=O)c2cc(C#N)ccc2OCC[C@@H]2CC[C@@H](OC)[C@H](CN(C)C(=O)[C@@H]1C)O2. The van der Waals surface area contributed by atoms with Gasteiger partial charge in [-0.2, -0.15) is 5.26 Å². The van der Waals surface area contributed by atoms with E-state index in [0.29, 0.717) is 36.4 Å². The number of hydrogen-bond acceptors (Lipinski definition) is 7. The van der Waals surface area contributed by atoms with Crippen molar-refractivity contribution in [2.75, 3.05) is 48.0 Å². The summed E-state index contributed by atoms with van der Waals surface area (Å²) >= 11 is 0. The van der Waals surface area contributed by atoms with Gasteiger partial charge in [0.05, 0.1) is 48.0 Å². The van der Waals surface area contributed by atoms with Gasteiger partial charge in [-0.05, 0) is 31.0 Å². The van der Waals surface area contributed by atoms with Gasteiger partial charge in [-0.3, -0.25) is 9.59 Å². The minimum absolute atomic E-state index is 0.0443. The van der Waals surface area contributed by atoms with Gasteiger partial charge in [-0.1, -0.05) is 6.92 Å². The summed E-state index contributed by atoms with van der Waals surface area (Å²) in [6, 6.07) is 6.90. The van der Waals surface area contributed by atoms with Crippen LogP contribution < -0.4 is 4.74 Å². The number of nitrogens with zero attached hydrogens (tertiary/aromatic N) is 3. The summed E-state index contributed by atoms with van der Waals surface area (Å²) in [6.45, 7) is 2.77. The Hall–Kier alpha value is -2.67. The predicted molar refractivity (Wildman–Crippen MR) is 125 cm³/mol. The number of likely N-dealkylation sites (N-methyl/N-ethyl adjacent to an activating group) is 2. The molecule has 1 aromatic carbocycles. The molecule has 1 aromatic rings. The molecule has 2 heterocycles. The lowest BCUT2D eigenvalue weighted by molar-refractivity contribution is -0.154. The van der Waals surface area contributed by atoms with Crippen molar-refractivity contribution in [1.29, 1.82) is 5.26 Å². The third-order valence-corrected chi connectivity index (χ3v) is 6.77. The summed E-state index contributed by atoms with van der Waals surface area (Å²) in [4.78, 5) is 29.7. The normalized spacial score (nSPS) is 29.2. The van der Waals surface area contributed by atoms with Crippen LogP contribution in [0.3, 0.4) is 0 Å². The molecule has 2 aliphatic rings. The van der Waals surface area contributed by atoms with Crippen LogP contribution in [0.25, 0.3) is 0 Å². The van der Waals surface area contributed by atoms with Crippen molar-refractivity contribution in [3.63, 3.8) is 0 Å². The van der Waals surface area contributed by atoms with Crippen molar-refractivity contribution < 1.29 is 28.5 Å². The predicted octanol–water partition coefficient (Wildman–Crippen LogP) is 2.08. The molecule has 0 N–H and O–H groups in total. The van der Waals surface area contributed by atoms with Gasteiger partial charge in [-0.15, -0.1) is 0 Å². The van der Waals surface area contributed by atoms with E-state index in [1.54, 1.807) is 45.2 Å². The number of amides is 2. The van der Waals surface area contributed by atoms with E-state index in [1.165, 1.54) is 18.1 Å². The van der Waals surface area contributed by atoms with Gasteiger partial charge in [0.2, 0.25) is 5.91 Å². The summed E-state index contributed by atoms with van der Waals surface area (Å²) < 4.78 is 23.6. The number of carbonyl (C=O) groups is 2. The Morgan fingerprint density at radius 1 is 1.03 bits per heavy atom. The smallest absolute Gasteiger partial charge is 0.257 e. The molecule has 0 spiro atoms. The molecule has 0 saturated carbocycles. The molecule has 3 rings (SSSR count). The fraction of sp³-hybridized carbons (Fsp3) is 0.640. The summed E-state index contributed by atoms with van der Waals surface area (Å²) in [5.74, 6) is -0.454. The van der Waals surface area contributed by atoms with Crippen LogP contribution in [0.4, 0.5) is 0 Å². The van der Waals surface area contributed by atoms with Gasteiger partial charge >= 0.3 is 0 Å². The minimum Gasteiger partial charge on any atom is -0.493 e. The van der Waals surface area contributed by atoms with E-state index in [4.69, 9.17) is 18.9 Å². The van der Waals surface area contributed by atoms with E-state index in [0.717, 1.165) is 12.8 Å². The fourth-order valence-electron chi connectivity index (χ4n) is 4.64. The summed E-state index contributed by atoms with van der Waals surface area (Å²) in [6.07, 6.45) is 1.39. The maximum absolute atomic E-state index is 13.3. The Morgan fingerprint density at radius 3 is 2.44 bits per heavy atom. The van der Waals surface area contributed by atoms with Gasteiger partial charge in [0.15, 0.2) is 0 Å². The standard InChI is InChI=1S/C25H35N3O6/c1-16-22(32-5)14-28(3)25(30)19-12-17(13-26)6-8-20(19)33-11-10-18-7-9-21(31-4)23(34-18)15-27(2)24(16)29/h6,8,12,16,18,21-23H,7,9-11,14-15H2,1-5H3/t16-,18+,21-,22+,23+/m1/s1. The van der Waals surface area contributed by atoms with Gasteiger partial charge in [0.25, 0.3) is 5.91 Å². The Labute approximate surface area is 201 Å². The lowest BCUT2D eigenvalue weighted by Crippen LogP contribution is -2.50. The van der Waals surface area contributed by atoms with Gasteiger partial charge in [0, 0.05) is 47.8 Å². The average Bonchev–Trinajstić information content (AvgIpc) is 2.85. The van der Waals surface area contributed by atoms with Crippen LogP contribution in [0.5, 0.6) is 5.75 Å². The zero-order chi connectivity index (χ0) is 24.8. The van der Waals surface area contributed by atoms with E-state index in [1.807, 2.05) is 0 Å². The number of nitriles is 1. The number of benzene rings is 1. The first-order valence-corrected chi connectivity index (χ1v) is 11.7. The molecule has 9 heteroatoms. The van der Waals surface area contributed by atoms with Crippen LogP contribution in [0, 0.1) is 17.2 Å². The third-order valence-electron chi connectivity index (χ3n) is 6.77. The van der Waals surface area contributed by atoms with E-state index >= 15 is 0 Å². The summed E-state index contributed by atoms with van der Waals surface area (Å²) in [5, 5.41) is 9.33. The van der Waals surface area contributed by atoms with Gasteiger partial charge < -0.3 is 28.7 Å². The van der Waals surface area contributed by atoms with Crippen LogP contribution in [0.2, 0.25) is 0 Å². The van der Waals surface area contributed by atoms with Crippen LogP contribution in [0.15, 0.2) is 18.2 Å².